The third kappa shape index (κ3) is 2.63. The highest BCUT2D eigenvalue weighted by molar-refractivity contribution is 9.10. The molecule has 0 saturated carbocycles. The summed E-state index contributed by atoms with van der Waals surface area (Å²) >= 11 is 3.44. The Bertz CT molecular complexity index is 431. The first-order valence-electron chi connectivity index (χ1n) is 5.93. The molecule has 3 heteroatoms. The van der Waals surface area contributed by atoms with E-state index in [1.807, 2.05) is 0 Å². The largest absolute Gasteiger partial charge is 0.370 e. The standard InChI is InChI=1S/C14H17BrN2/c1-14(2)7-8-17(10-11(14)9-16)13-5-3-12(15)4-6-13/h3-6,11H,7-8,10H2,1-2H3. The molecule has 2 nitrogen and oxygen atoms in total. The number of rotatable bonds is 1. The maximum absolute atomic E-state index is 9.25. The molecule has 1 atom stereocenters. The molecule has 0 radical (unpaired) electrons. The lowest BCUT2D eigenvalue weighted by molar-refractivity contribution is 0.217. The summed E-state index contributed by atoms with van der Waals surface area (Å²) in [7, 11) is 0. The summed E-state index contributed by atoms with van der Waals surface area (Å²) in [5, 5.41) is 9.25. The Morgan fingerprint density at radius 2 is 2.00 bits per heavy atom. The van der Waals surface area contributed by atoms with E-state index in [9.17, 15) is 5.26 Å². The molecule has 0 bridgehead atoms. The van der Waals surface area contributed by atoms with E-state index >= 15 is 0 Å². The molecule has 0 N–H and O–H groups in total. The lowest BCUT2D eigenvalue weighted by atomic mass is 9.74. The molecule has 1 unspecified atom stereocenters. The number of benzene rings is 1. The zero-order chi connectivity index (χ0) is 12.5. The number of anilines is 1. The van der Waals surface area contributed by atoms with Gasteiger partial charge in [-0.1, -0.05) is 29.8 Å². The van der Waals surface area contributed by atoms with Crippen molar-refractivity contribution in [1.29, 1.82) is 5.26 Å². The van der Waals surface area contributed by atoms with Crippen LogP contribution in [0.5, 0.6) is 0 Å². The zero-order valence-electron chi connectivity index (χ0n) is 10.3. The smallest absolute Gasteiger partial charge is 0.0690 e. The summed E-state index contributed by atoms with van der Waals surface area (Å²) in [6.07, 6.45) is 1.07. The molecule has 0 aliphatic carbocycles. The quantitative estimate of drug-likeness (QED) is 0.787. The van der Waals surface area contributed by atoms with Crippen molar-refractivity contribution in [2.24, 2.45) is 11.3 Å². The number of piperidine rings is 1. The maximum atomic E-state index is 9.25. The molecule has 0 aromatic heterocycles. The minimum atomic E-state index is 0.111. The Kier molecular flexibility index (Phi) is 3.44. The third-order valence-electron chi connectivity index (χ3n) is 3.72. The van der Waals surface area contributed by atoms with Crippen molar-refractivity contribution in [3.8, 4) is 6.07 Å². The van der Waals surface area contributed by atoms with Crippen LogP contribution in [0.1, 0.15) is 20.3 Å². The summed E-state index contributed by atoms with van der Waals surface area (Å²) in [6.45, 7) is 6.26. The lowest BCUT2D eigenvalue weighted by Gasteiger charge is -2.41. The van der Waals surface area contributed by atoms with Crippen LogP contribution in [0.15, 0.2) is 28.7 Å². The molecular weight excluding hydrogens is 276 g/mol. The van der Waals surface area contributed by atoms with Crippen LogP contribution in [0.4, 0.5) is 5.69 Å². The molecule has 90 valence electrons. The number of hydrogen-bond donors (Lipinski definition) is 0. The van der Waals surface area contributed by atoms with Gasteiger partial charge < -0.3 is 4.90 Å². The van der Waals surface area contributed by atoms with E-state index in [-0.39, 0.29) is 11.3 Å². The van der Waals surface area contributed by atoms with Crippen LogP contribution in [0, 0.1) is 22.7 Å². The molecule has 0 amide bonds. The van der Waals surface area contributed by atoms with Crippen LogP contribution in [0.3, 0.4) is 0 Å². The van der Waals surface area contributed by atoms with E-state index in [0.29, 0.717) is 0 Å². The van der Waals surface area contributed by atoms with Gasteiger partial charge in [0.15, 0.2) is 0 Å². The van der Waals surface area contributed by atoms with E-state index < -0.39 is 0 Å². The van der Waals surface area contributed by atoms with E-state index in [4.69, 9.17) is 0 Å². The monoisotopic (exact) mass is 292 g/mol. The van der Waals surface area contributed by atoms with Gasteiger partial charge in [0.05, 0.1) is 12.0 Å². The third-order valence-corrected chi connectivity index (χ3v) is 4.25. The van der Waals surface area contributed by atoms with Crippen molar-refractivity contribution in [1.82, 2.24) is 0 Å². The fourth-order valence-corrected chi connectivity index (χ4v) is 2.52. The fraction of sp³-hybridized carbons (Fsp3) is 0.500. The number of nitrogens with zero attached hydrogens (tertiary/aromatic N) is 2. The predicted octanol–water partition coefficient (Wildman–Crippen LogP) is 3.83. The SMILES string of the molecule is CC1(C)CCN(c2ccc(Br)cc2)CC1C#N. The van der Waals surface area contributed by atoms with Gasteiger partial charge in [0.25, 0.3) is 0 Å². The summed E-state index contributed by atoms with van der Waals surface area (Å²) in [4.78, 5) is 2.31. The Morgan fingerprint density at radius 3 is 2.59 bits per heavy atom. The summed E-state index contributed by atoms with van der Waals surface area (Å²) in [5.74, 6) is 0.111. The van der Waals surface area contributed by atoms with Crippen molar-refractivity contribution >= 4 is 21.6 Å². The highest BCUT2D eigenvalue weighted by Gasteiger charge is 2.35. The molecule has 17 heavy (non-hydrogen) atoms. The Hall–Kier alpha value is -1.01. The van der Waals surface area contributed by atoms with Crippen molar-refractivity contribution in [3.05, 3.63) is 28.7 Å². The normalized spacial score (nSPS) is 23.2. The van der Waals surface area contributed by atoms with Crippen molar-refractivity contribution < 1.29 is 0 Å². The Balaban J connectivity index is 2.15. The van der Waals surface area contributed by atoms with Crippen LogP contribution in [-0.2, 0) is 0 Å². The fourth-order valence-electron chi connectivity index (χ4n) is 2.26. The first-order chi connectivity index (χ1) is 8.03. The Labute approximate surface area is 111 Å². The highest BCUT2D eigenvalue weighted by Crippen LogP contribution is 2.36. The maximum Gasteiger partial charge on any atom is 0.0690 e. The molecule has 1 aliphatic rings. The van der Waals surface area contributed by atoms with Gasteiger partial charge in [0, 0.05) is 23.2 Å². The second-order valence-electron chi connectivity index (χ2n) is 5.34. The molecule has 0 spiro atoms. The van der Waals surface area contributed by atoms with Crippen LogP contribution < -0.4 is 4.90 Å². The lowest BCUT2D eigenvalue weighted by Crippen LogP contribution is -2.44. The van der Waals surface area contributed by atoms with Crippen molar-refractivity contribution in [2.45, 2.75) is 20.3 Å². The van der Waals surface area contributed by atoms with Gasteiger partial charge >= 0.3 is 0 Å². The van der Waals surface area contributed by atoms with E-state index in [1.165, 1.54) is 5.69 Å². The number of halogens is 1. The topological polar surface area (TPSA) is 27.0 Å². The van der Waals surface area contributed by atoms with E-state index in [2.05, 4.69) is 65.0 Å². The number of nitriles is 1. The average Bonchev–Trinajstić information content (AvgIpc) is 2.30. The van der Waals surface area contributed by atoms with Gasteiger partial charge in [0.2, 0.25) is 0 Å². The van der Waals surface area contributed by atoms with Crippen LogP contribution >= 0.6 is 15.9 Å². The van der Waals surface area contributed by atoms with Gasteiger partial charge in [-0.2, -0.15) is 5.26 Å². The summed E-state index contributed by atoms with van der Waals surface area (Å²) in [6, 6.07) is 10.8. The van der Waals surface area contributed by atoms with E-state index in [1.54, 1.807) is 0 Å². The summed E-state index contributed by atoms with van der Waals surface area (Å²) < 4.78 is 1.09. The van der Waals surface area contributed by atoms with Crippen LogP contribution in [0.25, 0.3) is 0 Å². The second kappa shape index (κ2) is 4.70. The molecule has 1 aromatic carbocycles. The summed E-state index contributed by atoms with van der Waals surface area (Å²) in [5.41, 5.74) is 1.35. The van der Waals surface area contributed by atoms with Crippen molar-refractivity contribution in [3.63, 3.8) is 0 Å². The molecule has 1 heterocycles. The molecular formula is C14H17BrN2. The van der Waals surface area contributed by atoms with Gasteiger partial charge in [-0.25, -0.2) is 0 Å². The van der Waals surface area contributed by atoms with Gasteiger partial charge in [0.1, 0.15) is 0 Å². The minimum Gasteiger partial charge on any atom is -0.370 e. The highest BCUT2D eigenvalue weighted by atomic mass is 79.9. The zero-order valence-corrected chi connectivity index (χ0v) is 11.9. The van der Waals surface area contributed by atoms with E-state index in [0.717, 1.165) is 24.0 Å². The van der Waals surface area contributed by atoms with Gasteiger partial charge in [-0.05, 0) is 36.1 Å². The van der Waals surface area contributed by atoms with Crippen LogP contribution in [-0.4, -0.2) is 13.1 Å². The average molecular weight is 293 g/mol. The van der Waals surface area contributed by atoms with Gasteiger partial charge in [-0.3, -0.25) is 0 Å². The molecule has 2 rings (SSSR count). The van der Waals surface area contributed by atoms with Gasteiger partial charge in [-0.15, -0.1) is 0 Å². The minimum absolute atomic E-state index is 0.111. The predicted molar refractivity (Wildman–Crippen MR) is 73.9 cm³/mol. The molecule has 1 fully saturated rings. The second-order valence-corrected chi connectivity index (χ2v) is 6.26. The Morgan fingerprint density at radius 1 is 1.35 bits per heavy atom. The number of hydrogen-bond acceptors (Lipinski definition) is 2. The first kappa shape index (κ1) is 12.4. The van der Waals surface area contributed by atoms with Crippen molar-refractivity contribution in [2.75, 3.05) is 18.0 Å². The molecule has 1 aromatic rings. The van der Waals surface area contributed by atoms with Crippen LogP contribution in [0.2, 0.25) is 0 Å². The first-order valence-corrected chi connectivity index (χ1v) is 6.72. The molecule has 1 aliphatic heterocycles. The molecule has 1 saturated heterocycles.